The van der Waals surface area contributed by atoms with Crippen molar-refractivity contribution >= 4 is 23.4 Å². The second-order valence-corrected chi connectivity index (χ2v) is 8.98. The fourth-order valence-corrected chi connectivity index (χ4v) is 3.54. The minimum atomic E-state index is -0.537. The summed E-state index contributed by atoms with van der Waals surface area (Å²) < 4.78 is 16.6. The van der Waals surface area contributed by atoms with E-state index in [2.05, 4.69) is 22.2 Å². The van der Waals surface area contributed by atoms with Crippen LogP contribution < -0.4 is 14.8 Å². The SMILES string of the molecule is COc1ccc(Oc2nc(Cl)ncc2NCC2C[C@@H](C)CN2C(=O)OC(C)(C)C)cc1. The van der Waals surface area contributed by atoms with E-state index in [9.17, 15) is 4.79 Å². The first-order valence-corrected chi connectivity index (χ1v) is 10.6. The van der Waals surface area contributed by atoms with Crippen molar-refractivity contribution in [1.82, 2.24) is 14.9 Å². The Morgan fingerprint density at radius 2 is 1.94 bits per heavy atom. The standard InChI is InChI=1S/C22H29ClN4O4/c1-14-10-15(27(13-14)21(28)31-22(2,3)4)11-24-18-12-25-20(23)26-19(18)30-17-8-6-16(29-5)7-9-17/h6-9,12,14-15,24H,10-11,13H2,1-5H3/t14-,15?/m1/s1. The van der Waals surface area contributed by atoms with Gasteiger partial charge in [0.2, 0.25) is 11.2 Å². The first-order valence-electron chi connectivity index (χ1n) is 10.2. The molecule has 0 radical (unpaired) electrons. The minimum Gasteiger partial charge on any atom is -0.497 e. The number of hydrogen-bond donors (Lipinski definition) is 1. The zero-order valence-corrected chi connectivity index (χ0v) is 19.3. The molecule has 0 aliphatic carbocycles. The van der Waals surface area contributed by atoms with Gasteiger partial charge in [-0.2, -0.15) is 4.98 Å². The number of nitrogens with zero attached hydrogens (tertiary/aromatic N) is 3. The molecule has 9 heteroatoms. The van der Waals surface area contributed by atoms with Crippen LogP contribution in [0.1, 0.15) is 34.1 Å². The van der Waals surface area contributed by atoms with E-state index < -0.39 is 5.60 Å². The molecule has 2 atom stereocenters. The molecule has 8 nitrogen and oxygen atoms in total. The largest absolute Gasteiger partial charge is 0.497 e. The van der Waals surface area contributed by atoms with E-state index in [1.54, 1.807) is 42.5 Å². The van der Waals surface area contributed by atoms with E-state index in [1.807, 2.05) is 20.8 Å². The molecule has 1 fully saturated rings. The lowest BCUT2D eigenvalue weighted by atomic mass is 10.1. The third-order valence-electron chi connectivity index (χ3n) is 4.78. The number of methoxy groups -OCH3 is 1. The molecular weight excluding hydrogens is 420 g/mol. The highest BCUT2D eigenvalue weighted by molar-refractivity contribution is 6.28. The quantitative estimate of drug-likeness (QED) is 0.623. The van der Waals surface area contributed by atoms with Crippen molar-refractivity contribution in [1.29, 1.82) is 0 Å². The van der Waals surface area contributed by atoms with Gasteiger partial charge in [0.25, 0.3) is 0 Å². The molecule has 1 saturated heterocycles. The average Bonchev–Trinajstić information content (AvgIpc) is 3.07. The number of likely N-dealkylation sites (tertiary alicyclic amines) is 1. The van der Waals surface area contributed by atoms with E-state index in [-0.39, 0.29) is 17.4 Å². The molecule has 0 saturated carbocycles. The van der Waals surface area contributed by atoms with Crippen LogP contribution in [0.5, 0.6) is 17.4 Å². The van der Waals surface area contributed by atoms with E-state index in [4.69, 9.17) is 25.8 Å². The van der Waals surface area contributed by atoms with Crippen molar-refractivity contribution in [3.63, 3.8) is 0 Å². The Morgan fingerprint density at radius 1 is 1.26 bits per heavy atom. The van der Waals surface area contributed by atoms with Gasteiger partial charge in [0.15, 0.2) is 0 Å². The van der Waals surface area contributed by atoms with Crippen LogP contribution >= 0.6 is 11.6 Å². The fourth-order valence-electron chi connectivity index (χ4n) is 3.42. The van der Waals surface area contributed by atoms with Crippen LogP contribution in [0, 0.1) is 5.92 Å². The molecular formula is C22H29ClN4O4. The Balaban J connectivity index is 1.71. The number of amides is 1. The summed E-state index contributed by atoms with van der Waals surface area (Å²) in [6.07, 6.45) is 2.14. The lowest BCUT2D eigenvalue weighted by Gasteiger charge is -2.29. The Labute approximate surface area is 187 Å². The molecule has 2 heterocycles. The number of nitrogens with one attached hydrogen (secondary N) is 1. The van der Waals surface area contributed by atoms with Gasteiger partial charge in [0.1, 0.15) is 22.8 Å². The highest BCUT2D eigenvalue weighted by Crippen LogP contribution is 2.30. The molecule has 31 heavy (non-hydrogen) atoms. The summed E-state index contributed by atoms with van der Waals surface area (Å²) in [4.78, 5) is 22.7. The summed E-state index contributed by atoms with van der Waals surface area (Å²) in [7, 11) is 1.60. The lowest BCUT2D eigenvalue weighted by Crippen LogP contribution is -2.42. The van der Waals surface area contributed by atoms with Crippen molar-refractivity contribution < 1.29 is 19.0 Å². The topological polar surface area (TPSA) is 85.8 Å². The van der Waals surface area contributed by atoms with Crippen molar-refractivity contribution in [2.24, 2.45) is 5.92 Å². The van der Waals surface area contributed by atoms with E-state index >= 15 is 0 Å². The van der Waals surface area contributed by atoms with Gasteiger partial charge in [-0.15, -0.1) is 0 Å². The number of benzene rings is 1. The zero-order chi connectivity index (χ0) is 22.6. The van der Waals surface area contributed by atoms with Gasteiger partial charge >= 0.3 is 6.09 Å². The van der Waals surface area contributed by atoms with Gasteiger partial charge in [-0.05, 0) is 69.0 Å². The Bertz CT molecular complexity index is 901. The smallest absolute Gasteiger partial charge is 0.410 e. The number of carbonyl (C=O) groups is 1. The van der Waals surface area contributed by atoms with E-state index in [0.717, 1.165) is 12.2 Å². The number of halogens is 1. The molecule has 0 bridgehead atoms. The summed E-state index contributed by atoms with van der Waals surface area (Å²) in [6.45, 7) is 8.89. The molecule has 2 aromatic rings. The maximum Gasteiger partial charge on any atom is 0.410 e. The average molecular weight is 449 g/mol. The van der Waals surface area contributed by atoms with Gasteiger partial charge in [0, 0.05) is 13.1 Å². The molecule has 168 valence electrons. The van der Waals surface area contributed by atoms with Crippen LogP contribution in [0.4, 0.5) is 10.5 Å². The van der Waals surface area contributed by atoms with Gasteiger partial charge in [0.05, 0.1) is 19.3 Å². The molecule has 1 aromatic heterocycles. The summed E-state index contributed by atoms with van der Waals surface area (Å²) in [5.41, 5.74) is 0.0495. The fraction of sp³-hybridized carbons (Fsp3) is 0.500. The molecule has 1 aliphatic rings. The van der Waals surface area contributed by atoms with Gasteiger partial charge in [-0.3, -0.25) is 0 Å². The normalized spacial score (nSPS) is 18.6. The number of carbonyl (C=O) groups excluding carboxylic acids is 1. The van der Waals surface area contributed by atoms with Gasteiger partial charge in [-0.25, -0.2) is 9.78 Å². The monoisotopic (exact) mass is 448 g/mol. The predicted molar refractivity (Wildman–Crippen MR) is 119 cm³/mol. The number of anilines is 1. The summed E-state index contributed by atoms with van der Waals surface area (Å²) in [6, 6.07) is 7.13. The lowest BCUT2D eigenvalue weighted by molar-refractivity contribution is 0.0230. The van der Waals surface area contributed by atoms with Crippen LogP contribution in [-0.4, -0.2) is 52.8 Å². The number of aromatic nitrogens is 2. The molecule has 1 unspecified atom stereocenters. The summed E-state index contributed by atoms with van der Waals surface area (Å²) >= 11 is 5.98. The Hall–Kier alpha value is -2.74. The zero-order valence-electron chi connectivity index (χ0n) is 18.5. The molecule has 1 aromatic carbocycles. The maximum atomic E-state index is 12.6. The maximum absolute atomic E-state index is 12.6. The van der Waals surface area contributed by atoms with Crippen LogP contribution in [0.15, 0.2) is 30.5 Å². The molecule has 1 N–H and O–H groups in total. The van der Waals surface area contributed by atoms with Gasteiger partial charge < -0.3 is 24.4 Å². The van der Waals surface area contributed by atoms with Crippen LogP contribution in [0.3, 0.4) is 0 Å². The first kappa shape index (κ1) is 22.9. The first-order chi connectivity index (χ1) is 14.6. The predicted octanol–water partition coefficient (Wildman–Crippen LogP) is 4.99. The molecule has 1 aliphatic heterocycles. The summed E-state index contributed by atoms with van der Waals surface area (Å²) in [5.74, 6) is 2.00. The molecule has 3 rings (SSSR count). The second kappa shape index (κ2) is 9.60. The third-order valence-corrected chi connectivity index (χ3v) is 4.96. The van der Waals surface area contributed by atoms with Crippen molar-refractivity contribution in [3.8, 4) is 17.4 Å². The Kier molecular flexibility index (Phi) is 7.10. The molecule has 0 spiro atoms. The van der Waals surface area contributed by atoms with Crippen LogP contribution in [-0.2, 0) is 4.74 Å². The van der Waals surface area contributed by atoms with Gasteiger partial charge in [-0.1, -0.05) is 6.92 Å². The van der Waals surface area contributed by atoms with Crippen LogP contribution in [0.2, 0.25) is 5.28 Å². The van der Waals surface area contributed by atoms with Crippen molar-refractivity contribution in [2.75, 3.05) is 25.5 Å². The number of ether oxygens (including phenoxy) is 3. The molecule has 1 amide bonds. The highest BCUT2D eigenvalue weighted by Gasteiger charge is 2.35. The van der Waals surface area contributed by atoms with Crippen molar-refractivity contribution in [3.05, 3.63) is 35.7 Å². The third kappa shape index (κ3) is 6.37. The highest BCUT2D eigenvalue weighted by atomic mass is 35.5. The number of hydrogen-bond acceptors (Lipinski definition) is 7. The second-order valence-electron chi connectivity index (χ2n) is 8.64. The summed E-state index contributed by atoms with van der Waals surface area (Å²) in [5, 5.41) is 3.39. The van der Waals surface area contributed by atoms with Crippen molar-refractivity contribution in [2.45, 2.75) is 45.8 Å². The van der Waals surface area contributed by atoms with E-state index in [0.29, 0.717) is 36.3 Å². The minimum absolute atomic E-state index is 0.0191. The van der Waals surface area contributed by atoms with E-state index in [1.165, 1.54) is 0 Å². The van der Waals surface area contributed by atoms with Crippen LogP contribution in [0.25, 0.3) is 0 Å². The Morgan fingerprint density at radius 3 is 2.58 bits per heavy atom. The number of rotatable bonds is 6.